The van der Waals surface area contributed by atoms with Gasteiger partial charge >= 0.3 is 0 Å². The fourth-order valence-corrected chi connectivity index (χ4v) is 6.20. The lowest BCUT2D eigenvalue weighted by Crippen LogP contribution is -2.48. The minimum absolute atomic E-state index is 0.0508. The van der Waals surface area contributed by atoms with E-state index >= 15 is 0 Å². The van der Waals surface area contributed by atoms with Crippen molar-refractivity contribution in [1.82, 2.24) is 0 Å². The Bertz CT molecular complexity index is 1150. The first-order valence-electron chi connectivity index (χ1n) is 10.7. The van der Waals surface area contributed by atoms with Crippen molar-refractivity contribution in [1.29, 1.82) is 0 Å². The minimum Gasteiger partial charge on any atom is -0.361 e. The average molecular weight is 657 g/mol. The smallest absolute Gasteiger partial charge is 0.255 e. The van der Waals surface area contributed by atoms with E-state index in [0.29, 0.717) is 12.3 Å². The normalized spacial score (nSPS) is 14.1. The monoisotopic (exact) mass is 654 g/mol. The molecule has 0 bridgehead atoms. The molecule has 0 fully saturated rings. The second-order valence-corrected chi connectivity index (χ2v) is 17.0. The van der Waals surface area contributed by atoms with Crippen LogP contribution in [0.4, 0.5) is 24.5 Å². The molecule has 1 aliphatic rings. The van der Waals surface area contributed by atoms with Gasteiger partial charge in [0.15, 0.2) is 5.78 Å². The first-order chi connectivity index (χ1) is 16.3. The number of amides is 1. The molecular weight excluding hydrogens is 633 g/mol. The molecule has 0 saturated heterocycles. The number of hydrogen-bond acceptors (Lipinski definition) is 4. The molecule has 12 heteroatoms. The van der Waals surface area contributed by atoms with Crippen molar-refractivity contribution in [3.05, 3.63) is 55.2 Å². The second kappa shape index (κ2) is 11.3. The topological polar surface area (TPSA) is 49.9 Å². The molecule has 0 unspecified atom stereocenters. The predicted octanol–water partition coefficient (Wildman–Crippen LogP) is 6.97. The van der Waals surface area contributed by atoms with Crippen molar-refractivity contribution in [2.45, 2.75) is 32.1 Å². The Balaban J connectivity index is 2.08. The lowest BCUT2D eigenvalue weighted by molar-refractivity contribution is -0.118. The zero-order valence-electron chi connectivity index (χ0n) is 19.3. The fraction of sp³-hybridized carbons (Fsp3) is 0.391. The number of carbonyl (C=O) groups is 2. The third-order valence-corrected chi connectivity index (χ3v) is 8.82. The molecule has 35 heavy (non-hydrogen) atoms. The van der Waals surface area contributed by atoms with Gasteiger partial charge in [0.2, 0.25) is 5.91 Å². The van der Waals surface area contributed by atoms with Gasteiger partial charge in [0, 0.05) is 24.7 Å². The molecule has 0 N–H and O–H groups in total. The molecule has 2 aromatic rings. The van der Waals surface area contributed by atoms with Gasteiger partial charge in [0.05, 0.1) is 39.5 Å². The summed E-state index contributed by atoms with van der Waals surface area (Å²) >= 11 is 12.9. The summed E-state index contributed by atoms with van der Waals surface area (Å²) in [7, 11) is -1.38. The predicted molar refractivity (Wildman–Crippen MR) is 141 cm³/mol. The summed E-state index contributed by atoms with van der Waals surface area (Å²) in [5.74, 6) is -1.69. The Kier molecular flexibility index (Phi) is 9.12. The van der Waals surface area contributed by atoms with Crippen LogP contribution >= 0.6 is 43.5 Å². The fourth-order valence-electron chi connectivity index (χ4n) is 3.57. The number of hydrogen-bond donors (Lipinski definition) is 0. The van der Waals surface area contributed by atoms with Gasteiger partial charge in [-0.05, 0) is 62.2 Å². The van der Waals surface area contributed by atoms with E-state index in [4.69, 9.17) is 16.3 Å². The van der Waals surface area contributed by atoms with Crippen molar-refractivity contribution < 1.29 is 27.5 Å². The summed E-state index contributed by atoms with van der Waals surface area (Å²) in [5.41, 5.74) is 0.570. The number of ether oxygens (including phenoxy) is 1. The van der Waals surface area contributed by atoms with Crippen LogP contribution in [0, 0.1) is 5.82 Å². The first kappa shape index (κ1) is 28.2. The van der Waals surface area contributed by atoms with Crippen molar-refractivity contribution in [2.75, 3.05) is 36.2 Å². The Morgan fingerprint density at radius 1 is 1.23 bits per heavy atom. The summed E-state index contributed by atoms with van der Waals surface area (Å²) in [6.45, 7) is 6.00. The van der Waals surface area contributed by atoms with Crippen LogP contribution < -0.4 is 9.80 Å². The molecule has 0 saturated carbocycles. The lowest BCUT2D eigenvalue weighted by Gasteiger charge is -2.38. The van der Waals surface area contributed by atoms with E-state index in [2.05, 4.69) is 51.5 Å². The van der Waals surface area contributed by atoms with Crippen molar-refractivity contribution >= 4 is 74.6 Å². The van der Waals surface area contributed by atoms with Crippen LogP contribution in [0.2, 0.25) is 30.7 Å². The van der Waals surface area contributed by atoms with Crippen molar-refractivity contribution in [3.63, 3.8) is 0 Å². The third-order valence-electron chi connectivity index (χ3n) is 5.39. The summed E-state index contributed by atoms with van der Waals surface area (Å²) in [6, 6.07) is 5.81. The molecular formula is C23H24Br2ClF3N2O3Si. The van der Waals surface area contributed by atoms with E-state index in [0.717, 1.165) is 18.2 Å². The van der Waals surface area contributed by atoms with Gasteiger partial charge in [0.1, 0.15) is 12.5 Å². The van der Waals surface area contributed by atoms with Crippen LogP contribution in [0.15, 0.2) is 33.2 Å². The number of anilines is 2. The number of ketones is 1. The summed E-state index contributed by atoms with van der Waals surface area (Å²) in [4.78, 5) is 29.0. The Morgan fingerprint density at radius 2 is 1.91 bits per heavy atom. The van der Waals surface area contributed by atoms with Crippen LogP contribution in [0.5, 0.6) is 0 Å². The van der Waals surface area contributed by atoms with Gasteiger partial charge in [-0.1, -0.05) is 31.2 Å². The average Bonchev–Trinajstić information content (AvgIpc) is 2.73. The lowest BCUT2D eigenvalue weighted by atomic mass is 10.00. The van der Waals surface area contributed by atoms with E-state index in [1.54, 1.807) is 0 Å². The van der Waals surface area contributed by atoms with Crippen molar-refractivity contribution in [2.24, 2.45) is 0 Å². The Morgan fingerprint density at radius 3 is 2.54 bits per heavy atom. The van der Waals surface area contributed by atoms with Crippen LogP contribution in [0.1, 0.15) is 15.9 Å². The highest BCUT2D eigenvalue weighted by molar-refractivity contribution is 9.11. The maximum atomic E-state index is 13.9. The quantitative estimate of drug-likeness (QED) is 0.166. The van der Waals surface area contributed by atoms with Crippen LogP contribution in [0.25, 0.3) is 0 Å². The highest BCUT2D eigenvalue weighted by Gasteiger charge is 2.36. The molecule has 3 rings (SSSR count). The summed E-state index contributed by atoms with van der Waals surface area (Å²) in [5, 5.41) is 0.0508. The molecule has 1 aliphatic heterocycles. The zero-order chi connectivity index (χ0) is 26.1. The molecule has 1 amide bonds. The van der Waals surface area contributed by atoms with Gasteiger partial charge in [-0.3, -0.25) is 14.5 Å². The van der Waals surface area contributed by atoms with E-state index in [1.807, 2.05) is 0 Å². The number of benzene rings is 2. The van der Waals surface area contributed by atoms with E-state index in [9.17, 15) is 22.8 Å². The highest BCUT2D eigenvalue weighted by atomic mass is 79.9. The van der Waals surface area contributed by atoms with E-state index < -0.39 is 38.6 Å². The summed E-state index contributed by atoms with van der Waals surface area (Å²) < 4.78 is 46.7. The number of alkyl halides is 2. The number of halogens is 6. The molecule has 0 spiro atoms. The molecule has 0 aromatic heterocycles. The minimum atomic E-state index is -2.68. The van der Waals surface area contributed by atoms with Crippen molar-refractivity contribution in [3.8, 4) is 0 Å². The largest absolute Gasteiger partial charge is 0.361 e. The number of fused-ring (bicyclic) bond motifs is 1. The van der Waals surface area contributed by atoms with Gasteiger partial charge < -0.3 is 9.64 Å². The molecule has 190 valence electrons. The summed E-state index contributed by atoms with van der Waals surface area (Å²) in [6.07, 6.45) is -2.68. The van der Waals surface area contributed by atoms with Gasteiger partial charge in [-0.2, -0.15) is 0 Å². The molecule has 0 aliphatic carbocycles. The molecule has 0 atom stereocenters. The van der Waals surface area contributed by atoms with Gasteiger partial charge in [0.25, 0.3) is 6.43 Å². The maximum absolute atomic E-state index is 13.9. The highest BCUT2D eigenvalue weighted by Crippen LogP contribution is 2.46. The van der Waals surface area contributed by atoms with Crippen LogP contribution in [0.3, 0.4) is 0 Å². The first-order valence-corrected chi connectivity index (χ1v) is 16.4. The number of nitrogens with zero attached hydrogens (tertiary/aromatic N) is 2. The molecule has 0 radical (unpaired) electrons. The molecule has 5 nitrogen and oxygen atoms in total. The number of carbonyl (C=O) groups excluding carboxylic acids is 2. The second-order valence-electron chi connectivity index (χ2n) is 9.31. The third kappa shape index (κ3) is 6.68. The van der Waals surface area contributed by atoms with Gasteiger partial charge in [-0.15, -0.1) is 0 Å². The maximum Gasteiger partial charge on any atom is 0.255 e. The van der Waals surface area contributed by atoms with E-state index in [1.165, 1.54) is 21.9 Å². The Labute approximate surface area is 224 Å². The van der Waals surface area contributed by atoms with Crippen LogP contribution in [-0.4, -0.2) is 52.6 Å². The van der Waals surface area contributed by atoms with E-state index in [-0.39, 0.29) is 44.1 Å². The standard InChI is InChI=1S/C23H24Br2ClF3N2O3Si/c1-35(2,3)7-6-34-12-31-19(32)11-30(10-18(28)29)17-9-15(24)20(21(25)22(17)31)23(33)14-8-13(27)4-5-16(14)26/h4-5,8-9,18H,6-7,10-12H2,1-3H3. The van der Waals surface area contributed by atoms with Crippen LogP contribution in [-0.2, 0) is 9.53 Å². The number of rotatable bonds is 9. The SMILES string of the molecule is C[Si](C)(C)CCOCN1C(=O)CN(CC(F)F)c2cc(Br)c(C(=O)c3cc(F)ccc3Cl)c(Br)c21. The molecule has 1 heterocycles. The molecule has 2 aromatic carbocycles. The Hall–Kier alpha value is -1.40. The van der Waals surface area contributed by atoms with Gasteiger partial charge in [-0.25, -0.2) is 13.2 Å². The zero-order valence-corrected chi connectivity index (χ0v) is 24.2.